The van der Waals surface area contributed by atoms with Crippen LogP contribution in [0.4, 0.5) is 0 Å². The van der Waals surface area contributed by atoms with E-state index < -0.39 is 11.9 Å². The summed E-state index contributed by atoms with van der Waals surface area (Å²) in [6, 6.07) is 0. The normalized spacial score (nSPS) is 40.2. The summed E-state index contributed by atoms with van der Waals surface area (Å²) in [6.07, 6.45) is 5.71. The number of ether oxygens (including phenoxy) is 3. The van der Waals surface area contributed by atoms with Crippen LogP contribution >= 0.6 is 0 Å². The topological polar surface area (TPSA) is 47.9 Å². The van der Waals surface area contributed by atoms with E-state index in [0.29, 0.717) is 6.61 Å². The number of rotatable bonds is 2. The number of aliphatic hydroxyl groups excluding tert-OH is 1. The average molecular weight is 284 g/mol. The Morgan fingerprint density at radius 2 is 1.75 bits per heavy atom. The predicted octanol–water partition coefficient (Wildman–Crippen LogP) is 2.63. The lowest BCUT2D eigenvalue weighted by Gasteiger charge is -2.34. The molecule has 1 heterocycles. The Hall–Kier alpha value is -0.160. The fraction of sp³-hybridized carbons (Fsp3) is 1.00. The van der Waals surface area contributed by atoms with Crippen molar-refractivity contribution in [2.45, 2.75) is 89.0 Å². The van der Waals surface area contributed by atoms with Crippen molar-refractivity contribution in [1.82, 2.24) is 0 Å². The molecule has 4 nitrogen and oxygen atoms in total. The molecule has 4 heteroatoms. The first kappa shape index (κ1) is 14.8. The van der Waals surface area contributed by atoms with E-state index in [1.54, 1.807) is 0 Å². The van der Waals surface area contributed by atoms with Gasteiger partial charge in [-0.25, -0.2) is 0 Å². The molecule has 4 atom stereocenters. The van der Waals surface area contributed by atoms with Crippen molar-refractivity contribution in [1.29, 1.82) is 0 Å². The molecule has 0 aromatic heterocycles. The van der Waals surface area contributed by atoms with Crippen LogP contribution in [0.3, 0.4) is 0 Å². The molecule has 1 N–H and O–H groups in total. The third-order valence-corrected chi connectivity index (χ3v) is 4.76. The smallest absolute Gasteiger partial charge is 0.169 e. The van der Waals surface area contributed by atoms with Crippen molar-refractivity contribution in [3.63, 3.8) is 0 Å². The lowest BCUT2D eigenvalue weighted by atomic mass is 9.94. The van der Waals surface area contributed by atoms with E-state index in [2.05, 4.69) is 20.8 Å². The molecule has 1 aliphatic heterocycles. The Morgan fingerprint density at radius 3 is 2.40 bits per heavy atom. The van der Waals surface area contributed by atoms with Gasteiger partial charge in [0.2, 0.25) is 0 Å². The number of aliphatic hydroxyl groups is 1. The minimum atomic E-state index is -0.408. The Labute approximate surface area is 121 Å². The molecule has 1 saturated heterocycles. The second kappa shape index (κ2) is 5.24. The van der Waals surface area contributed by atoms with Crippen molar-refractivity contribution >= 4 is 0 Å². The zero-order valence-corrected chi connectivity index (χ0v) is 12.9. The Balaban J connectivity index is 1.65. The SMILES string of the molecule is CC(C)(C)OC[C@H]1C[C@H](O)[C@@H]2OC3(CCCCC3)O[C@H]12. The summed E-state index contributed by atoms with van der Waals surface area (Å²) in [7, 11) is 0. The van der Waals surface area contributed by atoms with Gasteiger partial charge in [0.25, 0.3) is 0 Å². The molecule has 3 fully saturated rings. The monoisotopic (exact) mass is 284 g/mol. The molecule has 0 bridgehead atoms. The zero-order chi connectivity index (χ0) is 14.4. The molecule has 1 spiro atoms. The second-order valence-corrected chi connectivity index (χ2v) is 7.62. The molecule has 2 aliphatic carbocycles. The summed E-state index contributed by atoms with van der Waals surface area (Å²) in [5, 5.41) is 10.3. The van der Waals surface area contributed by atoms with Crippen LogP contribution in [0.1, 0.15) is 59.3 Å². The highest BCUT2D eigenvalue weighted by molar-refractivity contribution is 5.00. The minimum Gasteiger partial charge on any atom is -0.390 e. The molecule has 3 rings (SSSR count). The highest BCUT2D eigenvalue weighted by Crippen LogP contribution is 2.47. The lowest BCUT2D eigenvalue weighted by Crippen LogP contribution is -2.36. The van der Waals surface area contributed by atoms with Crippen molar-refractivity contribution in [2.24, 2.45) is 5.92 Å². The maximum Gasteiger partial charge on any atom is 0.169 e. The molecule has 0 amide bonds. The summed E-state index contributed by atoms with van der Waals surface area (Å²) in [5.74, 6) is -0.162. The summed E-state index contributed by atoms with van der Waals surface area (Å²) >= 11 is 0. The van der Waals surface area contributed by atoms with Crippen LogP contribution < -0.4 is 0 Å². The number of fused-ring (bicyclic) bond motifs is 1. The van der Waals surface area contributed by atoms with Gasteiger partial charge in [-0.15, -0.1) is 0 Å². The van der Waals surface area contributed by atoms with E-state index in [4.69, 9.17) is 14.2 Å². The van der Waals surface area contributed by atoms with E-state index in [1.165, 1.54) is 19.3 Å². The Kier molecular flexibility index (Phi) is 3.87. The largest absolute Gasteiger partial charge is 0.390 e. The standard InChI is InChI=1S/C16H28O4/c1-15(2,3)18-10-11-9-12(17)14-13(11)19-16(20-14)7-5-4-6-8-16/h11-14,17H,4-10H2,1-3H3/t11-,12+,13-,14+/m1/s1. The quantitative estimate of drug-likeness (QED) is 0.847. The summed E-state index contributed by atoms with van der Waals surface area (Å²) < 4.78 is 18.4. The molecule has 20 heavy (non-hydrogen) atoms. The molecule has 0 aromatic carbocycles. The number of hydrogen-bond acceptors (Lipinski definition) is 4. The van der Waals surface area contributed by atoms with E-state index >= 15 is 0 Å². The van der Waals surface area contributed by atoms with E-state index in [9.17, 15) is 5.11 Å². The molecule has 2 saturated carbocycles. The van der Waals surface area contributed by atoms with Gasteiger partial charge in [-0.05, 0) is 40.0 Å². The van der Waals surface area contributed by atoms with Crippen molar-refractivity contribution in [3.05, 3.63) is 0 Å². The predicted molar refractivity (Wildman–Crippen MR) is 75.4 cm³/mol. The van der Waals surface area contributed by atoms with Gasteiger partial charge >= 0.3 is 0 Å². The molecule has 0 unspecified atom stereocenters. The van der Waals surface area contributed by atoms with E-state index in [1.807, 2.05) is 0 Å². The van der Waals surface area contributed by atoms with Crippen LogP contribution in [-0.2, 0) is 14.2 Å². The molecular formula is C16H28O4. The van der Waals surface area contributed by atoms with Gasteiger partial charge in [-0.2, -0.15) is 0 Å². The first-order valence-electron chi connectivity index (χ1n) is 8.06. The zero-order valence-electron chi connectivity index (χ0n) is 12.9. The first-order chi connectivity index (χ1) is 9.39. The third-order valence-electron chi connectivity index (χ3n) is 4.76. The van der Waals surface area contributed by atoms with Gasteiger partial charge < -0.3 is 19.3 Å². The highest BCUT2D eigenvalue weighted by atomic mass is 16.8. The van der Waals surface area contributed by atoms with Crippen molar-refractivity contribution < 1.29 is 19.3 Å². The van der Waals surface area contributed by atoms with E-state index in [-0.39, 0.29) is 23.7 Å². The maximum atomic E-state index is 10.3. The highest BCUT2D eigenvalue weighted by Gasteiger charge is 2.56. The molecule has 0 aromatic rings. The minimum absolute atomic E-state index is 0.00505. The molecular weight excluding hydrogens is 256 g/mol. The Morgan fingerprint density at radius 1 is 1.10 bits per heavy atom. The van der Waals surface area contributed by atoms with Crippen LogP contribution in [0.15, 0.2) is 0 Å². The maximum absolute atomic E-state index is 10.3. The van der Waals surface area contributed by atoms with Crippen LogP contribution in [-0.4, -0.2) is 41.4 Å². The summed E-state index contributed by atoms with van der Waals surface area (Å²) in [5.41, 5.74) is -0.148. The average Bonchev–Trinajstić information content (AvgIpc) is 2.85. The first-order valence-corrected chi connectivity index (χ1v) is 8.06. The fourth-order valence-electron chi connectivity index (χ4n) is 3.74. The van der Waals surface area contributed by atoms with Crippen LogP contribution in [0, 0.1) is 5.92 Å². The van der Waals surface area contributed by atoms with Crippen molar-refractivity contribution in [2.75, 3.05) is 6.61 Å². The van der Waals surface area contributed by atoms with Gasteiger partial charge in [-0.1, -0.05) is 6.42 Å². The molecule has 0 radical (unpaired) electrons. The lowest BCUT2D eigenvalue weighted by molar-refractivity contribution is -0.211. The Bertz CT molecular complexity index is 343. The number of hydrogen-bond donors (Lipinski definition) is 1. The van der Waals surface area contributed by atoms with Crippen LogP contribution in [0.25, 0.3) is 0 Å². The third kappa shape index (κ3) is 2.89. The van der Waals surface area contributed by atoms with Gasteiger partial charge in [-0.3, -0.25) is 0 Å². The molecule has 116 valence electrons. The fourth-order valence-corrected chi connectivity index (χ4v) is 3.74. The van der Waals surface area contributed by atoms with Gasteiger partial charge in [0.05, 0.1) is 24.4 Å². The van der Waals surface area contributed by atoms with Gasteiger partial charge in [0.15, 0.2) is 5.79 Å². The molecule has 3 aliphatic rings. The van der Waals surface area contributed by atoms with Crippen molar-refractivity contribution in [3.8, 4) is 0 Å². The van der Waals surface area contributed by atoms with Crippen LogP contribution in [0.5, 0.6) is 0 Å². The summed E-state index contributed by atoms with van der Waals surface area (Å²) in [6.45, 7) is 6.82. The van der Waals surface area contributed by atoms with Crippen LogP contribution in [0.2, 0.25) is 0 Å². The van der Waals surface area contributed by atoms with E-state index in [0.717, 1.165) is 19.3 Å². The van der Waals surface area contributed by atoms with Gasteiger partial charge in [0, 0.05) is 18.8 Å². The summed E-state index contributed by atoms with van der Waals surface area (Å²) in [4.78, 5) is 0. The van der Waals surface area contributed by atoms with Gasteiger partial charge in [0.1, 0.15) is 6.10 Å². The second-order valence-electron chi connectivity index (χ2n) is 7.62.